The summed E-state index contributed by atoms with van der Waals surface area (Å²) >= 11 is 5.94. The molecule has 0 aromatic heterocycles. The monoisotopic (exact) mass is 239 g/mol. The van der Waals surface area contributed by atoms with Crippen LogP contribution in [0, 0.1) is 5.92 Å². The predicted octanol–water partition coefficient (Wildman–Crippen LogP) is 2.16. The first-order chi connectivity index (χ1) is 7.72. The van der Waals surface area contributed by atoms with Gasteiger partial charge in [0, 0.05) is 11.1 Å². The molecule has 0 aliphatic carbocycles. The molecule has 0 bridgehead atoms. The summed E-state index contributed by atoms with van der Waals surface area (Å²) in [7, 11) is 1.43. The number of ether oxygens (including phenoxy) is 1. The summed E-state index contributed by atoms with van der Waals surface area (Å²) < 4.78 is 4.80. The molecule has 16 heavy (non-hydrogen) atoms. The standard InChI is InChI=1S/C12H14ClNO2/c1-16-12(15)10-5-6-14-11(10)8-3-2-4-9(13)7-8/h2-4,7,10-11,14H,5-6H2,1H3. The van der Waals surface area contributed by atoms with Crippen LogP contribution in [0.25, 0.3) is 0 Å². The van der Waals surface area contributed by atoms with E-state index >= 15 is 0 Å². The van der Waals surface area contributed by atoms with Crippen molar-refractivity contribution in [2.45, 2.75) is 12.5 Å². The van der Waals surface area contributed by atoms with Gasteiger partial charge in [-0.3, -0.25) is 4.79 Å². The van der Waals surface area contributed by atoms with Crippen molar-refractivity contribution in [3.05, 3.63) is 34.9 Å². The van der Waals surface area contributed by atoms with Gasteiger partial charge < -0.3 is 10.1 Å². The fourth-order valence-electron chi connectivity index (χ4n) is 2.16. The maximum absolute atomic E-state index is 11.6. The highest BCUT2D eigenvalue weighted by atomic mass is 35.5. The van der Waals surface area contributed by atoms with E-state index in [1.165, 1.54) is 7.11 Å². The molecular formula is C12H14ClNO2. The SMILES string of the molecule is COC(=O)C1CCNC1c1cccc(Cl)c1. The molecule has 1 aliphatic rings. The molecule has 0 amide bonds. The third kappa shape index (κ3) is 2.20. The molecule has 1 saturated heterocycles. The Morgan fingerprint density at radius 2 is 2.38 bits per heavy atom. The quantitative estimate of drug-likeness (QED) is 0.804. The number of carbonyl (C=O) groups is 1. The highest BCUT2D eigenvalue weighted by Crippen LogP contribution is 2.31. The van der Waals surface area contributed by atoms with E-state index in [1.54, 1.807) is 0 Å². The Morgan fingerprint density at radius 3 is 3.06 bits per heavy atom. The molecule has 86 valence electrons. The van der Waals surface area contributed by atoms with Crippen molar-refractivity contribution >= 4 is 17.6 Å². The largest absolute Gasteiger partial charge is 0.469 e. The minimum atomic E-state index is -0.157. The van der Waals surface area contributed by atoms with E-state index in [4.69, 9.17) is 16.3 Å². The van der Waals surface area contributed by atoms with E-state index in [0.717, 1.165) is 18.5 Å². The molecular weight excluding hydrogens is 226 g/mol. The van der Waals surface area contributed by atoms with Crippen molar-refractivity contribution in [1.82, 2.24) is 5.32 Å². The lowest BCUT2D eigenvalue weighted by atomic mass is 9.94. The first-order valence-corrected chi connectivity index (χ1v) is 5.67. The molecule has 1 fully saturated rings. The Balaban J connectivity index is 2.23. The van der Waals surface area contributed by atoms with Crippen LogP contribution in [0.15, 0.2) is 24.3 Å². The van der Waals surface area contributed by atoms with E-state index < -0.39 is 0 Å². The van der Waals surface area contributed by atoms with Crippen molar-refractivity contribution in [2.24, 2.45) is 5.92 Å². The maximum atomic E-state index is 11.6. The van der Waals surface area contributed by atoms with Gasteiger partial charge in [0.05, 0.1) is 13.0 Å². The van der Waals surface area contributed by atoms with Crippen molar-refractivity contribution in [2.75, 3.05) is 13.7 Å². The van der Waals surface area contributed by atoms with Gasteiger partial charge in [0.1, 0.15) is 0 Å². The van der Waals surface area contributed by atoms with Gasteiger partial charge in [-0.25, -0.2) is 0 Å². The van der Waals surface area contributed by atoms with E-state index in [1.807, 2.05) is 24.3 Å². The first kappa shape index (κ1) is 11.4. The Hall–Kier alpha value is -1.06. The summed E-state index contributed by atoms with van der Waals surface area (Å²) in [5, 5.41) is 4.00. The van der Waals surface area contributed by atoms with Gasteiger partial charge in [0.25, 0.3) is 0 Å². The van der Waals surface area contributed by atoms with Gasteiger partial charge in [-0.2, -0.15) is 0 Å². The minimum absolute atomic E-state index is 0.0196. The van der Waals surface area contributed by atoms with Gasteiger partial charge in [-0.1, -0.05) is 23.7 Å². The van der Waals surface area contributed by atoms with Gasteiger partial charge in [0.2, 0.25) is 0 Å². The molecule has 1 heterocycles. The summed E-state index contributed by atoms with van der Waals surface area (Å²) in [5.41, 5.74) is 1.04. The number of esters is 1. The average molecular weight is 240 g/mol. The summed E-state index contributed by atoms with van der Waals surface area (Å²) in [6.07, 6.45) is 0.809. The predicted molar refractivity (Wildman–Crippen MR) is 62.3 cm³/mol. The lowest BCUT2D eigenvalue weighted by molar-refractivity contribution is -0.145. The molecule has 4 heteroatoms. The van der Waals surface area contributed by atoms with Crippen molar-refractivity contribution in [3.8, 4) is 0 Å². The van der Waals surface area contributed by atoms with Crippen LogP contribution in [-0.4, -0.2) is 19.6 Å². The normalized spacial score (nSPS) is 24.4. The smallest absolute Gasteiger partial charge is 0.310 e. The number of rotatable bonds is 2. The zero-order valence-corrected chi connectivity index (χ0v) is 9.83. The average Bonchev–Trinajstić information content (AvgIpc) is 2.77. The molecule has 0 saturated carbocycles. The molecule has 0 radical (unpaired) electrons. The maximum Gasteiger partial charge on any atom is 0.310 e. The number of benzene rings is 1. The Bertz CT molecular complexity index is 394. The molecule has 3 nitrogen and oxygen atoms in total. The van der Waals surface area contributed by atoms with Gasteiger partial charge in [-0.15, -0.1) is 0 Å². The van der Waals surface area contributed by atoms with Crippen LogP contribution in [-0.2, 0) is 9.53 Å². The fourth-order valence-corrected chi connectivity index (χ4v) is 2.36. The number of carbonyl (C=O) groups excluding carboxylic acids is 1. The topological polar surface area (TPSA) is 38.3 Å². The zero-order valence-electron chi connectivity index (χ0n) is 9.07. The molecule has 1 aliphatic heterocycles. The number of halogens is 1. The molecule has 1 N–H and O–H groups in total. The molecule has 1 aromatic carbocycles. The summed E-state index contributed by atoms with van der Waals surface area (Å²) in [6.45, 7) is 0.830. The lowest BCUT2D eigenvalue weighted by Gasteiger charge is -2.18. The summed E-state index contributed by atoms with van der Waals surface area (Å²) in [6, 6.07) is 7.61. The van der Waals surface area contributed by atoms with Crippen LogP contribution in [0.4, 0.5) is 0 Å². The van der Waals surface area contributed by atoms with Crippen LogP contribution < -0.4 is 5.32 Å². The summed E-state index contributed by atoms with van der Waals surface area (Å²) in [5.74, 6) is -0.265. The van der Waals surface area contributed by atoms with Gasteiger partial charge in [-0.05, 0) is 30.7 Å². The van der Waals surface area contributed by atoms with Crippen LogP contribution in [0.3, 0.4) is 0 Å². The van der Waals surface area contributed by atoms with Crippen molar-refractivity contribution in [3.63, 3.8) is 0 Å². The van der Waals surface area contributed by atoms with Crippen LogP contribution in [0.1, 0.15) is 18.0 Å². The van der Waals surface area contributed by atoms with E-state index in [2.05, 4.69) is 5.32 Å². The second-order valence-electron chi connectivity index (χ2n) is 3.91. The van der Waals surface area contributed by atoms with Crippen LogP contribution in [0.2, 0.25) is 5.02 Å². The summed E-state index contributed by atoms with van der Waals surface area (Å²) in [4.78, 5) is 11.6. The molecule has 2 atom stereocenters. The third-order valence-electron chi connectivity index (χ3n) is 2.93. The zero-order chi connectivity index (χ0) is 11.5. The highest BCUT2D eigenvalue weighted by molar-refractivity contribution is 6.30. The first-order valence-electron chi connectivity index (χ1n) is 5.29. The number of methoxy groups -OCH3 is 1. The van der Waals surface area contributed by atoms with Gasteiger partial charge in [0.15, 0.2) is 0 Å². The van der Waals surface area contributed by atoms with E-state index in [9.17, 15) is 4.79 Å². The van der Waals surface area contributed by atoms with Crippen molar-refractivity contribution in [1.29, 1.82) is 0 Å². The number of hydrogen-bond donors (Lipinski definition) is 1. The Kier molecular flexibility index (Phi) is 3.46. The number of hydrogen-bond acceptors (Lipinski definition) is 3. The molecule has 0 spiro atoms. The molecule has 1 aromatic rings. The molecule has 2 unspecified atom stereocenters. The van der Waals surface area contributed by atoms with Crippen LogP contribution >= 0.6 is 11.6 Å². The highest BCUT2D eigenvalue weighted by Gasteiger charge is 2.34. The second kappa shape index (κ2) is 4.85. The van der Waals surface area contributed by atoms with E-state index in [-0.39, 0.29) is 17.9 Å². The third-order valence-corrected chi connectivity index (χ3v) is 3.17. The molecule has 2 rings (SSSR count). The van der Waals surface area contributed by atoms with Crippen LogP contribution in [0.5, 0.6) is 0 Å². The van der Waals surface area contributed by atoms with E-state index in [0.29, 0.717) is 5.02 Å². The Labute approximate surface area is 99.7 Å². The number of nitrogens with one attached hydrogen (secondary N) is 1. The second-order valence-corrected chi connectivity index (χ2v) is 4.34. The van der Waals surface area contributed by atoms with Crippen molar-refractivity contribution < 1.29 is 9.53 Å². The Morgan fingerprint density at radius 1 is 1.56 bits per heavy atom. The fraction of sp³-hybridized carbons (Fsp3) is 0.417. The van der Waals surface area contributed by atoms with Gasteiger partial charge >= 0.3 is 5.97 Å². The minimum Gasteiger partial charge on any atom is -0.469 e. The lowest BCUT2D eigenvalue weighted by Crippen LogP contribution is -2.24.